The fourth-order valence-electron chi connectivity index (χ4n) is 3.48. The van der Waals surface area contributed by atoms with E-state index in [9.17, 15) is 21.2 Å². The number of halogens is 3. The van der Waals surface area contributed by atoms with Gasteiger partial charge in [0.05, 0.1) is 21.3 Å². The second kappa shape index (κ2) is 8.55. The molecule has 1 heterocycles. The maximum atomic E-state index is 13.3. The van der Waals surface area contributed by atoms with Crippen LogP contribution < -0.4 is 9.03 Å². The number of nitrogens with zero attached hydrogens (tertiary/aromatic N) is 1. The maximum Gasteiger partial charge on any atom is 0.264 e. The summed E-state index contributed by atoms with van der Waals surface area (Å²) in [7, 11) is -8.05. The number of sulfonamides is 2. The Bertz CT molecular complexity index is 1400. The zero-order valence-corrected chi connectivity index (χ0v) is 19.6. The van der Waals surface area contributed by atoms with Crippen molar-refractivity contribution in [2.45, 2.75) is 22.6 Å². The molecule has 0 saturated carbocycles. The zero-order chi connectivity index (χ0) is 23.1. The highest BCUT2D eigenvalue weighted by Crippen LogP contribution is 2.35. The molecule has 0 bridgehead atoms. The van der Waals surface area contributed by atoms with Crippen LogP contribution in [0.1, 0.15) is 12.0 Å². The van der Waals surface area contributed by atoms with Gasteiger partial charge in [0.15, 0.2) is 0 Å². The number of hydrogen-bond donors (Lipinski definition) is 1. The molecule has 11 heteroatoms. The molecule has 1 aliphatic rings. The molecule has 3 aromatic rings. The van der Waals surface area contributed by atoms with E-state index in [1.54, 1.807) is 12.1 Å². The molecule has 0 atom stereocenters. The Hall–Kier alpha value is -2.33. The Morgan fingerprint density at radius 2 is 1.62 bits per heavy atom. The van der Waals surface area contributed by atoms with E-state index in [1.165, 1.54) is 40.7 Å². The predicted molar refractivity (Wildman–Crippen MR) is 123 cm³/mol. The minimum atomic E-state index is -4.08. The Balaban J connectivity index is 1.72. The zero-order valence-electron chi connectivity index (χ0n) is 16.4. The van der Waals surface area contributed by atoms with E-state index < -0.39 is 25.9 Å². The molecule has 0 aliphatic carbocycles. The molecule has 0 spiro atoms. The van der Waals surface area contributed by atoms with E-state index >= 15 is 0 Å². The third-order valence-electron chi connectivity index (χ3n) is 5.00. The van der Waals surface area contributed by atoms with E-state index in [0.29, 0.717) is 18.5 Å². The Morgan fingerprint density at radius 3 is 2.34 bits per heavy atom. The first-order valence-electron chi connectivity index (χ1n) is 9.47. The first kappa shape index (κ1) is 22.8. The van der Waals surface area contributed by atoms with Crippen molar-refractivity contribution in [3.63, 3.8) is 0 Å². The first-order chi connectivity index (χ1) is 15.1. The molecule has 168 valence electrons. The number of benzene rings is 3. The number of anilines is 2. The van der Waals surface area contributed by atoms with Crippen molar-refractivity contribution in [3.8, 4) is 0 Å². The fraction of sp³-hybridized carbons (Fsp3) is 0.143. The third-order valence-corrected chi connectivity index (χ3v) is 8.92. The van der Waals surface area contributed by atoms with Crippen molar-refractivity contribution in [2.24, 2.45) is 0 Å². The van der Waals surface area contributed by atoms with Crippen molar-refractivity contribution in [2.75, 3.05) is 15.6 Å². The predicted octanol–water partition coefficient (Wildman–Crippen LogP) is 5.07. The molecular formula is C21H17Cl2FN2O4S2. The Labute approximate surface area is 195 Å². The van der Waals surface area contributed by atoms with Gasteiger partial charge < -0.3 is 0 Å². The van der Waals surface area contributed by atoms with E-state index in [0.717, 1.165) is 17.7 Å². The van der Waals surface area contributed by atoms with Crippen molar-refractivity contribution in [1.82, 2.24) is 0 Å². The standard InChI is InChI=1S/C21H17Cl2FN2O4S2/c22-15-4-10-19(23)21(12-15)31(27,28)25-17-7-3-14-2-1-11-26(20(14)13-17)32(29,30)18-8-5-16(24)6-9-18/h3-10,12-13,25H,1-2,11H2. The van der Waals surface area contributed by atoms with Gasteiger partial charge in [0.1, 0.15) is 10.7 Å². The van der Waals surface area contributed by atoms with Gasteiger partial charge >= 0.3 is 0 Å². The van der Waals surface area contributed by atoms with Gasteiger partial charge in [-0.3, -0.25) is 9.03 Å². The molecule has 0 radical (unpaired) electrons. The summed E-state index contributed by atoms with van der Waals surface area (Å²) in [5.41, 5.74) is 1.28. The van der Waals surface area contributed by atoms with E-state index in [1.807, 2.05) is 0 Å². The number of nitrogens with one attached hydrogen (secondary N) is 1. The average molecular weight is 515 g/mol. The van der Waals surface area contributed by atoms with E-state index in [-0.39, 0.29) is 32.1 Å². The summed E-state index contributed by atoms with van der Waals surface area (Å²) >= 11 is 11.9. The van der Waals surface area contributed by atoms with Crippen LogP contribution in [0.4, 0.5) is 15.8 Å². The first-order valence-corrected chi connectivity index (χ1v) is 13.1. The van der Waals surface area contributed by atoms with Crippen LogP contribution in [0.3, 0.4) is 0 Å². The normalized spacial score (nSPS) is 14.2. The van der Waals surface area contributed by atoms with Crippen molar-refractivity contribution in [3.05, 3.63) is 82.1 Å². The molecule has 4 rings (SSSR count). The van der Waals surface area contributed by atoms with Gasteiger partial charge in [-0.1, -0.05) is 29.3 Å². The van der Waals surface area contributed by atoms with Crippen LogP contribution in [0.15, 0.2) is 70.5 Å². The van der Waals surface area contributed by atoms with Crippen LogP contribution in [0.2, 0.25) is 10.0 Å². The van der Waals surface area contributed by atoms with Crippen molar-refractivity contribution < 1.29 is 21.2 Å². The summed E-state index contributed by atoms with van der Waals surface area (Å²) < 4.78 is 69.0. The molecule has 0 aromatic heterocycles. The lowest BCUT2D eigenvalue weighted by atomic mass is 10.0. The largest absolute Gasteiger partial charge is 0.280 e. The van der Waals surface area contributed by atoms with Gasteiger partial charge in [-0.2, -0.15) is 0 Å². The van der Waals surface area contributed by atoms with Crippen LogP contribution in [0.5, 0.6) is 0 Å². The van der Waals surface area contributed by atoms with Crippen molar-refractivity contribution in [1.29, 1.82) is 0 Å². The van der Waals surface area contributed by atoms with Gasteiger partial charge in [-0.05, 0) is 73.0 Å². The SMILES string of the molecule is O=S(=O)(Nc1ccc2c(c1)N(S(=O)(=O)c1ccc(F)cc1)CCC2)c1cc(Cl)ccc1Cl. The Morgan fingerprint density at radius 1 is 0.906 bits per heavy atom. The molecule has 0 fully saturated rings. The summed E-state index contributed by atoms with van der Waals surface area (Å²) in [6.45, 7) is 0.211. The van der Waals surface area contributed by atoms with Crippen LogP contribution in [-0.2, 0) is 26.5 Å². The lowest BCUT2D eigenvalue weighted by Gasteiger charge is -2.31. The van der Waals surface area contributed by atoms with Crippen molar-refractivity contribution >= 4 is 54.6 Å². The summed E-state index contributed by atoms with van der Waals surface area (Å²) in [5.74, 6) is -0.542. The molecule has 1 aliphatic heterocycles. The van der Waals surface area contributed by atoms with Gasteiger partial charge in [-0.25, -0.2) is 21.2 Å². The molecule has 0 unspecified atom stereocenters. The minimum absolute atomic E-state index is 0.000346. The lowest BCUT2D eigenvalue weighted by Crippen LogP contribution is -2.35. The van der Waals surface area contributed by atoms with Crippen LogP contribution >= 0.6 is 23.2 Å². The lowest BCUT2D eigenvalue weighted by molar-refractivity contribution is 0.585. The van der Waals surface area contributed by atoms with Gasteiger partial charge in [0.2, 0.25) is 0 Å². The topological polar surface area (TPSA) is 83.6 Å². The smallest absolute Gasteiger partial charge is 0.264 e. The summed E-state index contributed by atoms with van der Waals surface area (Å²) in [6.07, 6.45) is 1.23. The average Bonchev–Trinajstić information content (AvgIpc) is 2.75. The quantitative estimate of drug-likeness (QED) is 0.514. The van der Waals surface area contributed by atoms with Gasteiger partial charge in [0.25, 0.3) is 20.0 Å². The molecule has 1 N–H and O–H groups in total. The second-order valence-electron chi connectivity index (χ2n) is 7.16. The molecule has 0 amide bonds. The number of aryl methyl sites for hydroxylation is 1. The van der Waals surface area contributed by atoms with Crippen LogP contribution in [-0.4, -0.2) is 23.4 Å². The molecule has 3 aromatic carbocycles. The van der Waals surface area contributed by atoms with Crippen LogP contribution in [0.25, 0.3) is 0 Å². The highest BCUT2D eigenvalue weighted by molar-refractivity contribution is 7.93. The highest BCUT2D eigenvalue weighted by Gasteiger charge is 2.30. The molecular weight excluding hydrogens is 498 g/mol. The number of hydrogen-bond acceptors (Lipinski definition) is 4. The highest BCUT2D eigenvalue weighted by atomic mass is 35.5. The Kier molecular flexibility index (Phi) is 6.10. The summed E-state index contributed by atoms with van der Waals surface area (Å²) in [6, 6.07) is 13.3. The molecule has 6 nitrogen and oxygen atoms in total. The number of fused-ring (bicyclic) bond motifs is 1. The fourth-order valence-corrected chi connectivity index (χ4v) is 6.83. The monoisotopic (exact) mass is 514 g/mol. The second-order valence-corrected chi connectivity index (χ2v) is 11.5. The van der Waals surface area contributed by atoms with E-state index in [4.69, 9.17) is 23.2 Å². The van der Waals surface area contributed by atoms with E-state index in [2.05, 4.69) is 4.72 Å². The summed E-state index contributed by atoms with van der Waals surface area (Å²) in [4.78, 5) is -0.247. The van der Waals surface area contributed by atoms with Crippen LogP contribution in [0, 0.1) is 5.82 Å². The number of rotatable bonds is 5. The molecule has 32 heavy (non-hydrogen) atoms. The maximum absolute atomic E-state index is 13.3. The van der Waals surface area contributed by atoms with Gasteiger partial charge in [-0.15, -0.1) is 0 Å². The minimum Gasteiger partial charge on any atom is -0.280 e. The summed E-state index contributed by atoms with van der Waals surface area (Å²) in [5, 5.41) is 0.206. The molecule has 0 saturated heterocycles. The third kappa shape index (κ3) is 4.43. The van der Waals surface area contributed by atoms with Gasteiger partial charge in [0, 0.05) is 11.6 Å².